The summed E-state index contributed by atoms with van der Waals surface area (Å²) in [6.07, 6.45) is 9.11. The number of aliphatic hydroxyl groups excluding tert-OH is 1. The van der Waals surface area contributed by atoms with Crippen LogP contribution in [0.15, 0.2) is 0 Å². The monoisotopic (exact) mass is 265 g/mol. The van der Waals surface area contributed by atoms with Crippen LogP contribution < -0.4 is 0 Å². The van der Waals surface area contributed by atoms with Gasteiger partial charge in [0, 0.05) is 6.42 Å². The summed E-state index contributed by atoms with van der Waals surface area (Å²) in [4.78, 5) is 26.7. The largest absolute Gasteiger partial charge is 0.394 e. The molecule has 4 nitrogen and oxygen atoms in total. The van der Waals surface area contributed by atoms with Crippen LogP contribution in [0.4, 0.5) is 0 Å². The van der Waals surface area contributed by atoms with E-state index in [1.165, 1.54) is 17.7 Å². The number of carbonyl (C=O) groups excluding carboxylic acids is 2. The van der Waals surface area contributed by atoms with Gasteiger partial charge < -0.3 is 5.11 Å². The maximum absolute atomic E-state index is 12.8. The molecule has 0 aromatic carbocycles. The Bertz CT molecular complexity index is 387. The third-order valence-corrected chi connectivity index (χ3v) is 5.51. The van der Waals surface area contributed by atoms with Gasteiger partial charge in [-0.3, -0.25) is 14.5 Å². The summed E-state index contributed by atoms with van der Waals surface area (Å²) in [5, 5.41) is 9.63. The fraction of sp³-hybridized carbons (Fsp3) is 0.867. The summed E-state index contributed by atoms with van der Waals surface area (Å²) >= 11 is 0. The van der Waals surface area contributed by atoms with Crippen molar-refractivity contribution in [1.29, 1.82) is 0 Å². The first-order chi connectivity index (χ1) is 9.14. The first-order valence-electron chi connectivity index (χ1n) is 7.62. The SMILES string of the molecule is O=C1CC2(CCCCCC2)C(=O)N1C1(CO)CCC1. The maximum Gasteiger partial charge on any atom is 0.236 e. The minimum absolute atomic E-state index is 0.0214. The van der Waals surface area contributed by atoms with E-state index in [9.17, 15) is 14.7 Å². The van der Waals surface area contributed by atoms with Gasteiger partial charge in [0.05, 0.1) is 17.6 Å². The maximum atomic E-state index is 12.8. The fourth-order valence-electron chi connectivity index (χ4n) is 4.11. The minimum atomic E-state index is -0.552. The third-order valence-electron chi connectivity index (χ3n) is 5.51. The molecule has 3 rings (SSSR count). The molecule has 0 bridgehead atoms. The molecule has 0 radical (unpaired) electrons. The number of hydrogen-bond donors (Lipinski definition) is 1. The Kier molecular flexibility index (Phi) is 3.16. The summed E-state index contributed by atoms with van der Waals surface area (Å²) in [5.74, 6) is -0.0196. The number of nitrogens with zero attached hydrogens (tertiary/aromatic N) is 1. The lowest BCUT2D eigenvalue weighted by Crippen LogP contribution is -2.59. The first-order valence-corrected chi connectivity index (χ1v) is 7.62. The lowest BCUT2D eigenvalue weighted by molar-refractivity contribution is -0.156. The van der Waals surface area contributed by atoms with Crippen LogP contribution in [0.5, 0.6) is 0 Å². The van der Waals surface area contributed by atoms with Gasteiger partial charge in [-0.05, 0) is 32.1 Å². The zero-order chi connectivity index (χ0) is 13.5. The van der Waals surface area contributed by atoms with E-state index in [1.807, 2.05) is 0 Å². The van der Waals surface area contributed by atoms with Crippen LogP contribution in [0.1, 0.15) is 64.2 Å². The topological polar surface area (TPSA) is 57.6 Å². The van der Waals surface area contributed by atoms with Crippen molar-refractivity contribution >= 4 is 11.8 Å². The molecule has 1 spiro atoms. The van der Waals surface area contributed by atoms with Gasteiger partial charge in [0.25, 0.3) is 0 Å². The highest BCUT2D eigenvalue weighted by Crippen LogP contribution is 2.49. The van der Waals surface area contributed by atoms with Gasteiger partial charge in [0.2, 0.25) is 11.8 Å². The lowest BCUT2D eigenvalue weighted by atomic mass is 9.75. The molecule has 19 heavy (non-hydrogen) atoms. The van der Waals surface area contributed by atoms with Gasteiger partial charge in [0.15, 0.2) is 0 Å². The molecule has 106 valence electrons. The molecule has 1 heterocycles. The van der Waals surface area contributed by atoms with Crippen molar-refractivity contribution in [2.45, 2.75) is 69.7 Å². The first kappa shape index (κ1) is 13.1. The zero-order valence-electron chi connectivity index (χ0n) is 11.5. The van der Waals surface area contributed by atoms with E-state index in [4.69, 9.17) is 0 Å². The molecule has 3 aliphatic rings. The molecule has 1 saturated heterocycles. The Morgan fingerprint density at radius 2 is 1.58 bits per heavy atom. The zero-order valence-corrected chi connectivity index (χ0v) is 11.5. The predicted octanol–water partition coefficient (Wildman–Crippen LogP) is 2.00. The molecule has 1 aliphatic heterocycles. The molecular weight excluding hydrogens is 242 g/mol. The molecule has 3 fully saturated rings. The highest BCUT2D eigenvalue weighted by atomic mass is 16.3. The highest BCUT2D eigenvalue weighted by molar-refractivity contribution is 6.06. The van der Waals surface area contributed by atoms with E-state index in [1.54, 1.807) is 0 Å². The minimum Gasteiger partial charge on any atom is -0.394 e. The van der Waals surface area contributed by atoms with Gasteiger partial charge in [-0.15, -0.1) is 0 Å². The van der Waals surface area contributed by atoms with Gasteiger partial charge in [-0.2, -0.15) is 0 Å². The summed E-state index contributed by atoms with van der Waals surface area (Å²) < 4.78 is 0. The van der Waals surface area contributed by atoms with Gasteiger partial charge in [0.1, 0.15) is 0 Å². The molecule has 2 amide bonds. The molecular formula is C15H23NO3. The molecule has 0 aromatic rings. The normalized spacial score (nSPS) is 29.4. The number of carbonyl (C=O) groups is 2. The van der Waals surface area contributed by atoms with E-state index in [0.717, 1.165) is 44.9 Å². The molecule has 0 aromatic heterocycles. The summed E-state index contributed by atoms with van der Waals surface area (Å²) in [6.45, 7) is -0.0689. The average molecular weight is 265 g/mol. The van der Waals surface area contributed by atoms with Crippen LogP contribution in [0, 0.1) is 5.41 Å². The molecule has 2 saturated carbocycles. The van der Waals surface area contributed by atoms with E-state index in [2.05, 4.69) is 0 Å². The number of imide groups is 1. The average Bonchev–Trinajstić information content (AvgIpc) is 2.55. The number of likely N-dealkylation sites (tertiary alicyclic amines) is 1. The second-order valence-electron chi connectivity index (χ2n) is 6.64. The van der Waals surface area contributed by atoms with Crippen molar-refractivity contribution in [3.05, 3.63) is 0 Å². The van der Waals surface area contributed by atoms with E-state index >= 15 is 0 Å². The number of aliphatic hydroxyl groups is 1. The molecule has 2 aliphatic carbocycles. The second-order valence-corrected chi connectivity index (χ2v) is 6.64. The van der Waals surface area contributed by atoms with E-state index in [-0.39, 0.29) is 18.4 Å². The highest BCUT2D eigenvalue weighted by Gasteiger charge is 2.58. The Morgan fingerprint density at radius 3 is 2.05 bits per heavy atom. The second kappa shape index (κ2) is 4.58. The fourth-order valence-corrected chi connectivity index (χ4v) is 4.11. The number of amides is 2. The van der Waals surface area contributed by atoms with Crippen molar-refractivity contribution in [1.82, 2.24) is 4.90 Å². The van der Waals surface area contributed by atoms with Gasteiger partial charge in [-0.1, -0.05) is 25.7 Å². The Labute approximate surface area is 114 Å². The van der Waals surface area contributed by atoms with Crippen LogP contribution in [-0.2, 0) is 9.59 Å². The molecule has 0 atom stereocenters. The predicted molar refractivity (Wildman–Crippen MR) is 70.3 cm³/mol. The van der Waals surface area contributed by atoms with Crippen LogP contribution in [0.3, 0.4) is 0 Å². The van der Waals surface area contributed by atoms with Gasteiger partial charge >= 0.3 is 0 Å². The third kappa shape index (κ3) is 1.83. The van der Waals surface area contributed by atoms with Crippen molar-refractivity contribution < 1.29 is 14.7 Å². The number of hydrogen-bond acceptors (Lipinski definition) is 3. The van der Waals surface area contributed by atoms with Crippen molar-refractivity contribution in [3.8, 4) is 0 Å². The summed E-state index contributed by atoms with van der Waals surface area (Å²) in [6, 6.07) is 0. The van der Waals surface area contributed by atoms with Crippen LogP contribution in [0.2, 0.25) is 0 Å². The van der Waals surface area contributed by atoms with Crippen LogP contribution in [0.25, 0.3) is 0 Å². The Hall–Kier alpha value is -0.900. The Balaban J connectivity index is 1.88. The molecule has 4 heteroatoms. The Morgan fingerprint density at radius 1 is 0.947 bits per heavy atom. The van der Waals surface area contributed by atoms with Gasteiger partial charge in [-0.25, -0.2) is 0 Å². The van der Waals surface area contributed by atoms with Crippen molar-refractivity contribution in [3.63, 3.8) is 0 Å². The quantitative estimate of drug-likeness (QED) is 0.777. The van der Waals surface area contributed by atoms with Crippen LogP contribution in [-0.4, -0.2) is 34.0 Å². The smallest absolute Gasteiger partial charge is 0.236 e. The van der Waals surface area contributed by atoms with Crippen molar-refractivity contribution in [2.75, 3.05) is 6.61 Å². The summed E-state index contributed by atoms with van der Waals surface area (Å²) in [7, 11) is 0. The summed E-state index contributed by atoms with van der Waals surface area (Å²) in [5.41, 5.74) is -0.977. The van der Waals surface area contributed by atoms with E-state index in [0.29, 0.717) is 6.42 Å². The van der Waals surface area contributed by atoms with E-state index < -0.39 is 11.0 Å². The standard InChI is InChI=1S/C15H23NO3/c17-11-15(8-5-9-15)16-12(18)10-14(13(16)19)6-3-1-2-4-7-14/h17H,1-11H2. The number of rotatable bonds is 2. The molecule has 1 N–H and O–H groups in total. The van der Waals surface area contributed by atoms with Crippen LogP contribution >= 0.6 is 0 Å². The lowest BCUT2D eigenvalue weighted by Gasteiger charge is -2.46. The van der Waals surface area contributed by atoms with Crippen molar-refractivity contribution in [2.24, 2.45) is 5.41 Å². The molecule has 0 unspecified atom stereocenters.